The molecule has 1 aliphatic rings. The molecule has 9 heteroatoms. The van der Waals surface area contributed by atoms with Gasteiger partial charge in [-0.2, -0.15) is 5.10 Å². The third kappa shape index (κ3) is 4.23. The highest BCUT2D eigenvalue weighted by molar-refractivity contribution is 5.89. The molecule has 3 aromatic rings. The van der Waals surface area contributed by atoms with Gasteiger partial charge in [0.05, 0.1) is 5.69 Å². The molecule has 0 spiro atoms. The summed E-state index contributed by atoms with van der Waals surface area (Å²) in [5.74, 6) is -0.352. The van der Waals surface area contributed by atoms with Crippen LogP contribution in [-0.4, -0.2) is 39.2 Å². The van der Waals surface area contributed by atoms with Crippen molar-refractivity contribution < 1.29 is 18.0 Å². The third-order valence-corrected chi connectivity index (χ3v) is 4.94. The number of urea groups is 1. The van der Waals surface area contributed by atoms with Crippen LogP contribution in [0.4, 0.5) is 23.7 Å². The Morgan fingerprint density at radius 1 is 1.03 bits per heavy atom. The number of carbonyl (C=O) groups excluding carboxylic acids is 1. The van der Waals surface area contributed by atoms with E-state index in [2.05, 4.69) is 20.5 Å². The fourth-order valence-electron chi connectivity index (χ4n) is 3.33. The standard InChI is InChI=1S/C20H18F3N5O/c21-14-3-1-12(2-4-14)18-25-19(27-26-18)13-7-9-28(10-8-13)20(29)24-17-11-15(22)5-6-16(17)23/h1-6,11,13H,7-10H2,(H,24,29)(H,25,26,27). The van der Waals surface area contributed by atoms with Crippen LogP contribution in [0.25, 0.3) is 11.4 Å². The number of aromatic amines is 1. The lowest BCUT2D eigenvalue weighted by Crippen LogP contribution is -2.40. The molecule has 4 rings (SSSR count). The predicted molar refractivity (Wildman–Crippen MR) is 101 cm³/mol. The molecule has 2 heterocycles. The average molecular weight is 401 g/mol. The minimum absolute atomic E-state index is 0.0895. The quantitative estimate of drug-likeness (QED) is 0.687. The van der Waals surface area contributed by atoms with Gasteiger partial charge in [-0.05, 0) is 49.2 Å². The number of halogens is 3. The zero-order valence-corrected chi connectivity index (χ0v) is 15.3. The van der Waals surface area contributed by atoms with Crippen molar-refractivity contribution in [2.75, 3.05) is 18.4 Å². The summed E-state index contributed by atoms with van der Waals surface area (Å²) >= 11 is 0. The summed E-state index contributed by atoms with van der Waals surface area (Å²) in [5.41, 5.74) is 0.527. The van der Waals surface area contributed by atoms with Crippen LogP contribution in [-0.2, 0) is 0 Å². The Bertz CT molecular complexity index is 1010. The van der Waals surface area contributed by atoms with Crippen molar-refractivity contribution in [1.82, 2.24) is 20.1 Å². The first-order valence-electron chi connectivity index (χ1n) is 9.19. The van der Waals surface area contributed by atoms with E-state index in [9.17, 15) is 18.0 Å². The van der Waals surface area contributed by atoms with Crippen LogP contribution in [0.5, 0.6) is 0 Å². The van der Waals surface area contributed by atoms with E-state index in [0.717, 1.165) is 18.2 Å². The number of likely N-dealkylation sites (tertiary alicyclic amines) is 1. The van der Waals surface area contributed by atoms with Crippen LogP contribution in [0, 0.1) is 17.5 Å². The van der Waals surface area contributed by atoms with Crippen LogP contribution in [0.15, 0.2) is 42.5 Å². The first kappa shape index (κ1) is 19.0. The summed E-state index contributed by atoms with van der Waals surface area (Å²) < 4.78 is 40.0. The molecule has 2 amide bonds. The molecule has 2 N–H and O–H groups in total. The van der Waals surface area contributed by atoms with Crippen LogP contribution in [0.1, 0.15) is 24.6 Å². The fourth-order valence-corrected chi connectivity index (χ4v) is 3.33. The lowest BCUT2D eigenvalue weighted by molar-refractivity contribution is 0.193. The first-order chi connectivity index (χ1) is 14.0. The van der Waals surface area contributed by atoms with Gasteiger partial charge in [-0.3, -0.25) is 5.10 Å². The van der Waals surface area contributed by atoms with E-state index in [1.165, 1.54) is 12.1 Å². The Morgan fingerprint density at radius 3 is 2.45 bits per heavy atom. The molecule has 0 unspecified atom stereocenters. The third-order valence-electron chi connectivity index (χ3n) is 4.94. The van der Waals surface area contributed by atoms with Crippen molar-refractivity contribution in [1.29, 1.82) is 0 Å². The summed E-state index contributed by atoms with van der Waals surface area (Å²) in [6.45, 7) is 0.889. The topological polar surface area (TPSA) is 73.9 Å². The van der Waals surface area contributed by atoms with Crippen molar-refractivity contribution >= 4 is 11.7 Å². The maximum Gasteiger partial charge on any atom is 0.321 e. The summed E-state index contributed by atoms with van der Waals surface area (Å²) in [7, 11) is 0. The highest BCUT2D eigenvalue weighted by Gasteiger charge is 2.26. The van der Waals surface area contributed by atoms with E-state index in [1.54, 1.807) is 17.0 Å². The van der Waals surface area contributed by atoms with E-state index < -0.39 is 17.7 Å². The molecule has 1 fully saturated rings. The SMILES string of the molecule is O=C(Nc1cc(F)ccc1F)N1CCC(c2nc(-c3ccc(F)cc3)n[nH]2)CC1. The molecule has 0 bridgehead atoms. The fraction of sp³-hybridized carbons (Fsp3) is 0.250. The number of H-pyrrole nitrogens is 1. The molecule has 150 valence electrons. The van der Waals surface area contributed by atoms with Crippen LogP contribution < -0.4 is 5.32 Å². The molecule has 1 aromatic heterocycles. The smallest absolute Gasteiger partial charge is 0.321 e. The van der Waals surface area contributed by atoms with E-state index >= 15 is 0 Å². The number of nitrogens with zero attached hydrogens (tertiary/aromatic N) is 3. The first-order valence-corrected chi connectivity index (χ1v) is 9.19. The number of rotatable bonds is 3. The second kappa shape index (κ2) is 7.94. The summed E-state index contributed by atoms with van der Waals surface area (Å²) in [4.78, 5) is 18.4. The van der Waals surface area contributed by atoms with Crippen molar-refractivity contribution in [2.45, 2.75) is 18.8 Å². The molecule has 2 aromatic carbocycles. The van der Waals surface area contributed by atoms with Crippen molar-refractivity contribution in [3.05, 3.63) is 65.7 Å². The Hall–Kier alpha value is -3.36. The van der Waals surface area contributed by atoms with Crippen LogP contribution in [0.3, 0.4) is 0 Å². The van der Waals surface area contributed by atoms with Gasteiger partial charge in [-0.1, -0.05) is 0 Å². The highest BCUT2D eigenvalue weighted by Crippen LogP contribution is 2.27. The predicted octanol–water partition coefficient (Wildman–Crippen LogP) is 4.30. The number of hydrogen-bond acceptors (Lipinski definition) is 3. The maximum atomic E-state index is 13.7. The number of carbonyl (C=O) groups is 1. The molecular formula is C20H18F3N5O. The molecule has 0 atom stereocenters. The van der Waals surface area contributed by atoms with Gasteiger partial charge < -0.3 is 10.2 Å². The summed E-state index contributed by atoms with van der Waals surface area (Å²) in [6, 6.07) is 8.37. The molecule has 6 nitrogen and oxygen atoms in total. The Morgan fingerprint density at radius 2 is 1.72 bits per heavy atom. The molecule has 1 aliphatic heterocycles. The number of benzene rings is 2. The van der Waals surface area contributed by atoms with Gasteiger partial charge in [0.15, 0.2) is 5.82 Å². The van der Waals surface area contributed by atoms with E-state index in [-0.39, 0.29) is 17.4 Å². The minimum atomic E-state index is -0.690. The Balaban J connectivity index is 1.36. The molecule has 1 saturated heterocycles. The van der Waals surface area contributed by atoms with E-state index in [0.29, 0.717) is 43.1 Å². The van der Waals surface area contributed by atoms with E-state index in [4.69, 9.17) is 0 Å². The molecule has 0 aliphatic carbocycles. The number of aromatic nitrogens is 3. The molecule has 0 radical (unpaired) electrons. The van der Waals surface area contributed by atoms with Gasteiger partial charge in [0.1, 0.15) is 23.3 Å². The second-order valence-electron chi connectivity index (χ2n) is 6.87. The average Bonchev–Trinajstić information content (AvgIpc) is 3.21. The molecule has 29 heavy (non-hydrogen) atoms. The second-order valence-corrected chi connectivity index (χ2v) is 6.87. The van der Waals surface area contributed by atoms with Crippen molar-refractivity contribution in [2.24, 2.45) is 0 Å². The molecule has 0 saturated carbocycles. The minimum Gasteiger partial charge on any atom is -0.324 e. The number of hydrogen-bond donors (Lipinski definition) is 2. The normalized spacial score (nSPS) is 14.8. The van der Waals surface area contributed by atoms with Crippen molar-refractivity contribution in [3.63, 3.8) is 0 Å². The van der Waals surface area contributed by atoms with Gasteiger partial charge in [-0.25, -0.2) is 22.9 Å². The summed E-state index contributed by atoms with van der Waals surface area (Å²) in [5, 5.41) is 9.52. The largest absolute Gasteiger partial charge is 0.324 e. The maximum absolute atomic E-state index is 13.7. The number of nitrogens with one attached hydrogen (secondary N) is 2. The van der Waals surface area contributed by atoms with Gasteiger partial charge >= 0.3 is 6.03 Å². The van der Waals surface area contributed by atoms with Gasteiger partial charge in [0.2, 0.25) is 0 Å². The van der Waals surface area contributed by atoms with Crippen LogP contribution >= 0.6 is 0 Å². The lowest BCUT2D eigenvalue weighted by Gasteiger charge is -2.31. The highest BCUT2D eigenvalue weighted by atomic mass is 19.1. The summed E-state index contributed by atoms with van der Waals surface area (Å²) in [6.07, 6.45) is 1.30. The van der Waals surface area contributed by atoms with Gasteiger partial charge in [0, 0.05) is 30.6 Å². The Labute approximate surface area is 164 Å². The zero-order chi connectivity index (χ0) is 20.4. The zero-order valence-electron chi connectivity index (χ0n) is 15.3. The van der Waals surface area contributed by atoms with Gasteiger partial charge in [0.25, 0.3) is 0 Å². The van der Waals surface area contributed by atoms with Crippen molar-refractivity contribution in [3.8, 4) is 11.4 Å². The number of piperidine rings is 1. The van der Waals surface area contributed by atoms with Crippen LogP contribution in [0.2, 0.25) is 0 Å². The monoisotopic (exact) mass is 401 g/mol. The van der Waals surface area contributed by atoms with Gasteiger partial charge in [-0.15, -0.1) is 0 Å². The Kier molecular flexibility index (Phi) is 5.20. The van der Waals surface area contributed by atoms with E-state index in [1.807, 2.05) is 0 Å². The lowest BCUT2D eigenvalue weighted by atomic mass is 9.96. The molecular weight excluding hydrogens is 383 g/mol. The number of anilines is 1. The number of amides is 2.